The molecule has 0 aliphatic carbocycles. The fourth-order valence-electron chi connectivity index (χ4n) is 2.05. The number of amides is 1. The SMILES string of the molecule is Nc1ccc(Cl)nc1Oc1ccc2c(c1)CCC(=O)N2. The van der Waals surface area contributed by atoms with Crippen LogP contribution in [0, 0.1) is 0 Å². The molecule has 2 aromatic rings. The predicted molar refractivity (Wildman–Crippen MR) is 77.1 cm³/mol. The van der Waals surface area contributed by atoms with E-state index in [0.29, 0.717) is 29.4 Å². The van der Waals surface area contributed by atoms with Crippen LogP contribution in [-0.2, 0) is 11.2 Å². The number of nitrogens with zero attached hydrogens (tertiary/aromatic N) is 1. The van der Waals surface area contributed by atoms with Crippen LogP contribution >= 0.6 is 11.6 Å². The Hall–Kier alpha value is -2.27. The minimum atomic E-state index is 0.0342. The summed E-state index contributed by atoms with van der Waals surface area (Å²) in [7, 11) is 0. The molecule has 20 heavy (non-hydrogen) atoms. The van der Waals surface area contributed by atoms with E-state index in [9.17, 15) is 4.79 Å². The van der Waals surface area contributed by atoms with Crippen LogP contribution in [0.5, 0.6) is 11.6 Å². The number of carbonyl (C=O) groups excluding carboxylic acids is 1. The number of nitrogens with two attached hydrogens (primary N) is 1. The average Bonchev–Trinajstić information content (AvgIpc) is 2.43. The largest absolute Gasteiger partial charge is 0.437 e. The molecule has 102 valence electrons. The lowest BCUT2D eigenvalue weighted by Gasteiger charge is -2.17. The highest BCUT2D eigenvalue weighted by Crippen LogP contribution is 2.31. The van der Waals surface area contributed by atoms with Crippen molar-refractivity contribution in [3.8, 4) is 11.6 Å². The van der Waals surface area contributed by atoms with Gasteiger partial charge < -0.3 is 15.8 Å². The van der Waals surface area contributed by atoms with Gasteiger partial charge in [-0.15, -0.1) is 0 Å². The van der Waals surface area contributed by atoms with Crippen molar-refractivity contribution >= 4 is 28.9 Å². The number of fused-ring (bicyclic) bond motifs is 1. The van der Waals surface area contributed by atoms with E-state index in [4.69, 9.17) is 22.1 Å². The van der Waals surface area contributed by atoms with Crippen LogP contribution in [0.1, 0.15) is 12.0 Å². The third kappa shape index (κ3) is 2.53. The smallest absolute Gasteiger partial charge is 0.244 e. The van der Waals surface area contributed by atoms with Crippen LogP contribution in [0.4, 0.5) is 11.4 Å². The van der Waals surface area contributed by atoms with Crippen LogP contribution < -0.4 is 15.8 Å². The highest BCUT2D eigenvalue weighted by molar-refractivity contribution is 6.29. The standard InChI is InChI=1S/C14H12ClN3O2/c15-12-5-3-10(16)14(18-12)20-9-2-4-11-8(7-9)1-6-13(19)17-11/h2-5,7H,1,6,16H2,(H,17,19). The van der Waals surface area contributed by atoms with Crippen molar-refractivity contribution in [2.75, 3.05) is 11.1 Å². The molecule has 1 aliphatic rings. The Morgan fingerprint density at radius 1 is 1.25 bits per heavy atom. The minimum Gasteiger partial charge on any atom is -0.437 e. The molecule has 1 aromatic heterocycles. The van der Waals surface area contributed by atoms with E-state index in [-0.39, 0.29) is 11.8 Å². The van der Waals surface area contributed by atoms with E-state index in [0.717, 1.165) is 11.3 Å². The number of ether oxygens (including phenoxy) is 1. The third-order valence-corrected chi connectivity index (χ3v) is 3.25. The van der Waals surface area contributed by atoms with Gasteiger partial charge in [0.15, 0.2) is 0 Å². The van der Waals surface area contributed by atoms with E-state index < -0.39 is 0 Å². The molecule has 0 unspecified atom stereocenters. The Balaban J connectivity index is 1.88. The zero-order valence-electron chi connectivity index (χ0n) is 10.5. The van der Waals surface area contributed by atoms with E-state index in [2.05, 4.69) is 10.3 Å². The molecular weight excluding hydrogens is 278 g/mol. The third-order valence-electron chi connectivity index (χ3n) is 3.04. The van der Waals surface area contributed by atoms with Crippen molar-refractivity contribution in [2.45, 2.75) is 12.8 Å². The summed E-state index contributed by atoms with van der Waals surface area (Å²) in [5.74, 6) is 0.922. The zero-order chi connectivity index (χ0) is 14.1. The van der Waals surface area contributed by atoms with Crippen LogP contribution in [0.15, 0.2) is 30.3 Å². The molecule has 3 rings (SSSR count). The molecule has 6 heteroatoms. The summed E-state index contributed by atoms with van der Waals surface area (Å²) < 4.78 is 5.65. The van der Waals surface area contributed by atoms with Crippen molar-refractivity contribution in [2.24, 2.45) is 0 Å². The van der Waals surface area contributed by atoms with Gasteiger partial charge in [0, 0.05) is 12.1 Å². The first-order chi connectivity index (χ1) is 9.61. The molecule has 0 saturated heterocycles. The number of nitrogen functional groups attached to an aromatic ring is 1. The maximum Gasteiger partial charge on any atom is 0.244 e. The second kappa shape index (κ2) is 5.02. The first kappa shape index (κ1) is 12.7. The molecule has 2 heterocycles. The molecule has 0 saturated carbocycles. The summed E-state index contributed by atoms with van der Waals surface area (Å²) in [6.45, 7) is 0. The number of benzene rings is 1. The van der Waals surface area contributed by atoms with E-state index in [1.165, 1.54) is 0 Å². The monoisotopic (exact) mass is 289 g/mol. The molecule has 0 bridgehead atoms. The number of rotatable bonds is 2. The number of hydrogen-bond acceptors (Lipinski definition) is 4. The summed E-state index contributed by atoms with van der Waals surface area (Å²) in [4.78, 5) is 15.3. The van der Waals surface area contributed by atoms with Crippen LogP contribution in [0.3, 0.4) is 0 Å². The number of anilines is 2. The van der Waals surface area contributed by atoms with Gasteiger partial charge in [0.05, 0.1) is 5.69 Å². The first-order valence-electron chi connectivity index (χ1n) is 6.14. The van der Waals surface area contributed by atoms with Crippen molar-refractivity contribution in [1.29, 1.82) is 0 Å². The number of pyridine rings is 1. The minimum absolute atomic E-state index is 0.0342. The van der Waals surface area contributed by atoms with Crippen molar-refractivity contribution in [1.82, 2.24) is 4.98 Å². The number of aromatic nitrogens is 1. The number of halogens is 1. The fourth-order valence-corrected chi connectivity index (χ4v) is 2.19. The average molecular weight is 290 g/mol. The van der Waals surface area contributed by atoms with Crippen LogP contribution in [0.2, 0.25) is 5.15 Å². The van der Waals surface area contributed by atoms with Gasteiger partial charge in [-0.05, 0) is 42.3 Å². The number of carbonyl (C=O) groups is 1. The topological polar surface area (TPSA) is 77.2 Å². The molecule has 1 aromatic carbocycles. The maximum absolute atomic E-state index is 11.3. The van der Waals surface area contributed by atoms with Gasteiger partial charge in [0.1, 0.15) is 10.9 Å². The lowest BCUT2D eigenvalue weighted by atomic mass is 10.0. The molecule has 1 aliphatic heterocycles. The van der Waals surface area contributed by atoms with Gasteiger partial charge in [-0.2, -0.15) is 4.98 Å². The number of hydrogen-bond donors (Lipinski definition) is 2. The summed E-state index contributed by atoms with van der Waals surface area (Å²) in [5, 5.41) is 3.13. The van der Waals surface area contributed by atoms with E-state index in [1.807, 2.05) is 12.1 Å². The lowest BCUT2D eigenvalue weighted by Crippen LogP contribution is -2.18. The Kier molecular flexibility index (Phi) is 3.20. The molecule has 0 atom stereocenters. The molecular formula is C14H12ClN3O2. The van der Waals surface area contributed by atoms with Crippen LogP contribution in [-0.4, -0.2) is 10.9 Å². The second-order valence-corrected chi connectivity index (χ2v) is 4.88. The van der Waals surface area contributed by atoms with Gasteiger partial charge >= 0.3 is 0 Å². The summed E-state index contributed by atoms with van der Waals surface area (Å²) >= 11 is 5.82. The summed E-state index contributed by atoms with van der Waals surface area (Å²) in [6.07, 6.45) is 1.17. The predicted octanol–water partition coefficient (Wildman–Crippen LogP) is 2.99. The number of nitrogens with one attached hydrogen (secondary N) is 1. The highest BCUT2D eigenvalue weighted by atomic mass is 35.5. The van der Waals surface area contributed by atoms with Crippen molar-refractivity contribution < 1.29 is 9.53 Å². The summed E-state index contributed by atoms with van der Waals surface area (Å²) in [5.41, 5.74) is 8.06. The fraction of sp³-hybridized carbons (Fsp3) is 0.143. The molecule has 5 nitrogen and oxygen atoms in total. The van der Waals surface area contributed by atoms with Gasteiger partial charge in [-0.1, -0.05) is 11.6 Å². The Bertz CT molecular complexity index is 688. The highest BCUT2D eigenvalue weighted by Gasteiger charge is 2.15. The first-order valence-corrected chi connectivity index (χ1v) is 6.52. The molecule has 0 radical (unpaired) electrons. The van der Waals surface area contributed by atoms with Crippen molar-refractivity contribution in [3.63, 3.8) is 0 Å². The molecule has 3 N–H and O–H groups in total. The molecule has 0 spiro atoms. The van der Waals surface area contributed by atoms with E-state index in [1.54, 1.807) is 18.2 Å². The second-order valence-electron chi connectivity index (χ2n) is 4.50. The Morgan fingerprint density at radius 3 is 2.95 bits per heavy atom. The van der Waals surface area contributed by atoms with Gasteiger partial charge in [-0.25, -0.2) is 0 Å². The lowest BCUT2D eigenvalue weighted by molar-refractivity contribution is -0.116. The Morgan fingerprint density at radius 2 is 2.10 bits per heavy atom. The van der Waals surface area contributed by atoms with Crippen LogP contribution in [0.25, 0.3) is 0 Å². The molecule has 0 fully saturated rings. The maximum atomic E-state index is 11.3. The van der Waals surface area contributed by atoms with Gasteiger partial charge in [-0.3, -0.25) is 4.79 Å². The normalized spacial score (nSPS) is 13.6. The van der Waals surface area contributed by atoms with Gasteiger partial charge in [0.25, 0.3) is 0 Å². The van der Waals surface area contributed by atoms with Gasteiger partial charge in [0.2, 0.25) is 11.8 Å². The summed E-state index contributed by atoms with van der Waals surface area (Å²) in [6, 6.07) is 8.68. The number of aryl methyl sites for hydroxylation is 1. The molecule has 1 amide bonds. The quantitative estimate of drug-likeness (QED) is 0.833. The van der Waals surface area contributed by atoms with E-state index >= 15 is 0 Å². The Labute approximate surface area is 120 Å². The zero-order valence-corrected chi connectivity index (χ0v) is 11.3. The van der Waals surface area contributed by atoms with Crippen molar-refractivity contribution in [3.05, 3.63) is 41.0 Å².